The number of thioether (sulfide) groups is 1. The van der Waals surface area contributed by atoms with Crippen LogP contribution < -0.4 is 16.6 Å². The Kier molecular flexibility index (Phi) is 5.10. The number of anilines is 2. The van der Waals surface area contributed by atoms with E-state index < -0.39 is 5.25 Å². The number of aromatic nitrogens is 2. The van der Waals surface area contributed by atoms with E-state index in [9.17, 15) is 9.59 Å². The Morgan fingerprint density at radius 1 is 1.45 bits per heavy atom. The van der Waals surface area contributed by atoms with Crippen molar-refractivity contribution in [2.24, 2.45) is 0 Å². The van der Waals surface area contributed by atoms with Gasteiger partial charge in [0.25, 0.3) is 5.56 Å². The zero-order valence-corrected chi connectivity index (χ0v) is 13.6. The van der Waals surface area contributed by atoms with E-state index in [-0.39, 0.29) is 17.3 Å². The van der Waals surface area contributed by atoms with E-state index in [1.165, 1.54) is 6.07 Å². The van der Waals surface area contributed by atoms with E-state index in [0.717, 1.165) is 17.3 Å². The summed E-state index contributed by atoms with van der Waals surface area (Å²) in [4.78, 5) is 30.0. The quantitative estimate of drug-likeness (QED) is 0.587. The Morgan fingerprint density at radius 2 is 2.18 bits per heavy atom. The first-order valence-corrected chi connectivity index (χ1v) is 7.71. The molecular weight excluding hydrogens is 324 g/mol. The second kappa shape index (κ2) is 6.85. The molecule has 0 saturated heterocycles. The van der Waals surface area contributed by atoms with E-state index in [2.05, 4.69) is 15.3 Å². The lowest BCUT2D eigenvalue weighted by atomic mass is 10.2. The average molecular weight is 339 g/mol. The topological polar surface area (TPSA) is 101 Å². The maximum Gasteiger partial charge on any atom is 0.253 e. The van der Waals surface area contributed by atoms with Crippen molar-refractivity contribution < 1.29 is 4.79 Å². The van der Waals surface area contributed by atoms with Gasteiger partial charge in [0.05, 0.1) is 5.25 Å². The van der Waals surface area contributed by atoms with Gasteiger partial charge < -0.3 is 16.0 Å². The molecule has 0 bridgehead atoms. The van der Waals surface area contributed by atoms with Crippen molar-refractivity contribution in [3.8, 4) is 0 Å². The third kappa shape index (κ3) is 4.25. The number of aryl methyl sites for hydroxylation is 1. The van der Waals surface area contributed by atoms with Gasteiger partial charge in [-0.05, 0) is 31.5 Å². The van der Waals surface area contributed by atoms with Crippen LogP contribution in [0.5, 0.6) is 0 Å². The number of nitrogens with zero attached hydrogens (tertiary/aromatic N) is 1. The molecule has 0 radical (unpaired) electrons. The number of carbonyl (C=O) groups excluding carboxylic acids is 1. The molecule has 0 aliphatic rings. The summed E-state index contributed by atoms with van der Waals surface area (Å²) in [5.41, 5.74) is 6.70. The van der Waals surface area contributed by atoms with Crippen molar-refractivity contribution in [2.45, 2.75) is 24.3 Å². The van der Waals surface area contributed by atoms with Crippen molar-refractivity contribution in [1.29, 1.82) is 0 Å². The van der Waals surface area contributed by atoms with Crippen LogP contribution in [0.1, 0.15) is 12.5 Å². The maximum absolute atomic E-state index is 12.2. The number of aromatic amines is 1. The van der Waals surface area contributed by atoms with E-state index in [1.807, 2.05) is 13.0 Å². The number of rotatable bonds is 4. The Bertz CT molecular complexity index is 763. The average Bonchev–Trinajstić information content (AvgIpc) is 2.41. The number of halogens is 1. The minimum Gasteiger partial charge on any atom is -0.383 e. The summed E-state index contributed by atoms with van der Waals surface area (Å²) in [6.45, 7) is 3.59. The summed E-state index contributed by atoms with van der Waals surface area (Å²) < 4.78 is 0. The molecular formula is C14H15ClN4O2S. The Labute approximate surface area is 136 Å². The minimum atomic E-state index is -0.468. The van der Waals surface area contributed by atoms with E-state index >= 15 is 0 Å². The summed E-state index contributed by atoms with van der Waals surface area (Å²) in [5, 5.41) is 3.18. The molecule has 0 spiro atoms. The fourth-order valence-electron chi connectivity index (χ4n) is 1.64. The molecule has 22 heavy (non-hydrogen) atoms. The third-order valence-electron chi connectivity index (χ3n) is 2.84. The van der Waals surface area contributed by atoms with Crippen molar-refractivity contribution >= 4 is 40.8 Å². The number of nitrogens with one attached hydrogen (secondary N) is 2. The highest BCUT2D eigenvalue weighted by Crippen LogP contribution is 2.23. The van der Waals surface area contributed by atoms with Crippen molar-refractivity contribution in [1.82, 2.24) is 9.97 Å². The summed E-state index contributed by atoms with van der Waals surface area (Å²) in [6.07, 6.45) is 0. The number of hydrogen-bond acceptors (Lipinski definition) is 5. The summed E-state index contributed by atoms with van der Waals surface area (Å²) in [6, 6.07) is 6.47. The normalized spacial score (nSPS) is 12.0. The van der Waals surface area contributed by atoms with Crippen LogP contribution in [0.3, 0.4) is 0 Å². The number of benzene rings is 1. The molecule has 2 rings (SSSR count). The van der Waals surface area contributed by atoms with E-state index in [1.54, 1.807) is 19.1 Å². The van der Waals surface area contributed by atoms with Crippen LogP contribution in [0.25, 0.3) is 0 Å². The Morgan fingerprint density at radius 3 is 2.82 bits per heavy atom. The van der Waals surface area contributed by atoms with Gasteiger partial charge >= 0.3 is 0 Å². The Balaban J connectivity index is 2.05. The van der Waals surface area contributed by atoms with Gasteiger partial charge in [0.15, 0.2) is 5.16 Å². The molecule has 0 saturated carbocycles. The van der Waals surface area contributed by atoms with Crippen molar-refractivity contribution in [3.05, 3.63) is 45.2 Å². The van der Waals surface area contributed by atoms with Crippen molar-refractivity contribution in [3.63, 3.8) is 0 Å². The summed E-state index contributed by atoms with van der Waals surface area (Å²) in [5.74, 6) is -0.112. The first-order valence-electron chi connectivity index (χ1n) is 6.45. The highest BCUT2D eigenvalue weighted by atomic mass is 35.5. The van der Waals surface area contributed by atoms with Crippen LogP contribution in [0, 0.1) is 6.92 Å². The van der Waals surface area contributed by atoms with Gasteiger partial charge in [-0.2, -0.15) is 0 Å². The van der Waals surface area contributed by atoms with Gasteiger partial charge in [-0.15, -0.1) is 0 Å². The van der Waals surface area contributed by atoms with Crippen molar-refractivity contribution in [2.75, 3.05) is 11.1 Å². The summed E-state index contributed by atoms with van der Waals surface area (Å²) >= 11 is 7.14. The zero-order valence-electron chi connectivity index (χ0n) is 12.0. The fraction of sp³-hybridized carbons (Fsp3) is 0.214. The SMILES string of the molecule is Cc1ccc(NC(=O)[C@H](C)Sc2nc(N)cc(=O)[nH]2)cc1Cl. The molecule has 1 aromatic carbocycles. The number of nitrogens with two attached hydrogens (primary N) is 1. The monoisotopic (exact) mass is 338 g/mol. The molecule has 8 heteroatoms. The number of amides is 1. The number of H-pyrrole nitrogens is 1. The number of hydrogen-bond donors (Lipinski definition) is 3. The predicted molar refractivity (Wildman–Crippen MR) is 89.4 cm³/mol. The second-order valence-corrected chi connectivity index (χ2v) is 6.43. The maximum atomic E-state index is 12.2. The van der Waals surface area contributed by atoms with Crippen LogP contribution in [0.15, 0.2) is 34.2 Å². The van der Waals surface area contributed by atoms with Gasteiger partial charge in [0.2, 0.25) is 5.91 Å². The van der Waals surface area contributed by atoms with Crippen LogP contribution in [-0.2, 0) is 4.79 Å². The highest BCUT2D eigenvalue weighted by Gasteiger charge is 2.16. The molecule has 0 aliphatic heterocycles. The molecule has 0 aliphatic carbocycles. The van der Waals surface area contributed by atoms with Gasteiger partial charge in [-0.3, -0.25) is 9.59 Å². The van der Waals surface area contributed by atoms with Gasteiger partial charge in [0, 0.05) is 16.8 Å². The minimum absolute atomic E-state index is 0.115. The molecule has 1 atom stereocenters. The second-order valence-electron chi connectivity index (χ2n) is 4.69. The third-order valence-corrected chi connectivity index (χ3v) is 4.23. The van der Waals surface area contributed by atoms with E-state index in [0.29, 0.717) is 15.9 Å². The lowest BCUT2D eigenvalue weighted by Gasteiger charge is -2.12. The molecule has 1 aromatic heterocycles. The van der Waals surface area contributed by atoms with E-state index in [4.69, 9.17) is 17.3 Å². The Hall–Kier alpha value is -1.99. The van der Waals surface area contributed by atoms with Gasteiger partial charge in [-0.1, -0.05) is 29.4 Å². The first kappa shape index (κ1) is 16.4. The summed E-state index contributed by atoms with van der Waals surface area (Å²) in [7, 11) is 0. The molecule has 116 valence electrons. The van der Waals surface area contributed by atoms with Crippen LogP contribution >= 0.6 is 23.4 Å². The smallest absolute Gasteiger partial charge is 0.253 e. The lowest BCUT2D eigenvalue weighted by Crippen LogP contribution is -2.23. The largest absolute Gasteiger partial charge is 0.383 e. The molecule has 0 unspecified atom stereocenters. The molecule has 4 N–H and O–H groups in total. The van der Waals surface area contributed by atoms with Gasteiger partial charge in [0.1, 0.15) is 5.82 Å². The number of carbonyl (C=O) groups is 1. The highest BCUT2D eigenvalue weighted by molar-refractivity contribution is 8.00. The first-order chi connectivity index (χ1) is 10.3. The zero-order chi connectivity index (χ0) is 16.3. The molecule has 2 aromatic rings. The lowest BCUT2D eigenvalue weighted by molar-refractivity contribution is -0.115. The fourth-order valence-corrected chi connectivity index (χ4v) is 2.64. The molecule has 1 amide bonds. The predicted octanol–water partition coefficient (Wildman–Crippen LogP) is 2.43. The number of nitrogen functional groups attached to an aromatic ring is 1. The standard InChI is InChI=1S/C14H15ClN4O2S/c1-7-3-4-9(5-10(7)15)17-13(21)8(2)22-14-18-11(16)6-12(20)19-14/h3-6,8H,1-2H3,(H,17,21)(H3,16,18,19,20)/t8-/m0/s1. The van der Waals surface area contributed by atoms with Crippen LogP contribution in [0.4, 0.5) is 11.5 Å². The van der Waals surface area contributed by atoms with Crippen LogP contribution in [0.2, 0.25) is 5.02 Å². The molecule has 1 heterocycles. The molecule has 6 nitrogen and oxygen atoms in total. The van der Waals surface area contributed by atoms with Crippen LogP contribution in [-0.4, -0.2) is 21.1 Å². The molecule has 0 fully saturated rings. The van der Waals surface area contributed by atoms with Gasteiger partial charge in [-0.25, -0.2) is 4.98 Å².